The predicted molar refractivity (Wildman–Crippen MR) is 75.1 cm³/mol. The number of aromatic nitrogens is 4. The van der Waals surface area contributed by atoms with E-state index in [1.807, 2.05) is 6.26 Å². The van der Waals surface area contributed by atoms with E-state index in [-0.39, 0.29) is 0 Å². The Morgan fingerprint density at radius 2 is 2.12 bits per heavy atom. The SMILES string of the molecule is CNc1ncc(Br)c(Sc2nnc(SC)s2)n1. The molecule has 0 aliphatic heterocycles. The second kappa shape index (κ2) is 5.98. The van der Waals surface area contributed by atoms with Gasteiger partial charge in [0.15, 0.2) is 8.68 Å². The molecule has 2 rings (SSSR count). The van der Waals surface area contributed by atoms with Crippen LogP contribution < -0.4 is 5.32 Å². The third-order valence-electron chi connectivity index (χ3n) is 1.68. The van der Waals surface area contributed by atoms with Crippen molar-refractivity contribution in [3.05, 3.63) is 10.7 Å². The van der Waals surface area contributed by atoms with Crippen molar-refractivity contribution in [1.29, 1.82) is 0 Å². The van der Waals surface area contributed by atoms with Crippen molar-refractivity contribution >= 4 is 56.7 Å². The summed E-state index contributed by atoms with van der Waals surface area (Å²) in [6.45, 7) is 0. The maximum absolute atomic E-state index is 4.35. The molecule has 0 aliphatic carbocycles. The molecule has 0 aliphatic rings. The summed E-state index contributed by atoms with van der Waals surface area (Å²) in [6.07, 6.45) is 3.70. The van der Waals surface area contributed by atoms with Crippen LogP contribution in [0.15, 0.2) is 24.4 Å². The molecule has 0 radical (unpaired) electrons. The second-order valence-corrected chi connectivity index (χ2v) is 6.86. The van der Waals surface area contributed by atoms with Crippen LogP contribution in [0.1, 0.15) is 0 Å². The Labute approximate surface area is 119 Å². The van der Waals surface area contributed by atoms with Crippen LogP contribution in [0.5, 0.6) is 0 Å². The topological polar surface area (TPSA) is 63.6 Å². The zero-order valence-corrected chi connectivity index (χ0v) is 13.0. The normalized spacial score (nSPS) is 10.5. The van der Waals surface area contributed by atoms with Crippen LogP contribution in [0.3, 0.4) is 0 Å². The van der Waals surface area contributed by atoms with Crippen LogP contribution in [0.25, 0.3) is 0 Å². The lowest BCUT2D eigenvalue weighted by atomic mass is 10.7. The number of anilines is 1. The molecule has 9 heteroatoms. The molecule has 1 N–H and O–H groups in total. The molecule has 17 heavy (non-hydrogen) atoms. The molecule has 5 nitrogen and oxygen atoms in total. The van der Waals surface area contributed by atoms with Crippen molar-refractivity contribution in [2.24, 2.45) is 0 Å². The van der Waals surface area contributed by atoms with Gasteiger partial charge in [-0.15, -0.1) is 10.2 Å². The highest BCUT2D eigenvalue weighted by molar-refractivity contribution is 9.10. The third-order valence-corrected chi connectivity index (χ3v) is 5.48. The second-order valence-electron chi connectivity index (χ2n) is 2.74. The summed E-state index contributed by atoms with van der Waals surface area (Å²) in [7, 11) is 1.79. The van der Waals surface area contributed by atoms with E-state index >= 15 is 0 Å². The molecule has 0 amide bonds. The van der Waals surface area contributed by atoms with E-state index in [2.05, 4.69) is 41.4 Å². The van der Waals surface area contributed by atoms with Crippen molar-refractivity contribution in [2.45, 2.75) is 13.7 Å². The van der Waals surface area contributed by atoms with E-state index in [1.54, 1.807) is 36.3 Å². The number of hydrogen-bond donors (Lipinski definition) is 1. The Kier molecular flexibility index (Phi) is 4.60. The molecule has 2 aromatic heterocycles. The lowest BCUT2D eigenvalue weighted by molar-refractivity contribution is 0.950. The van der Waals surface area contributed by atoms with Gasteiger partial charge in [-0.3, -0.25) is 0 Å². The van der Waals surface area contributed by atoms with Gasteiger partial charge in [0.05, 0.1) is 4.47 Å². The minimum absolute atomic E-state index is 0.588. The van der Waals surface area contributed by atoms with Gasteiger partial charge >= 0.3 is 0 Å². The van der Waals surface area contributed by atoms with Gasteiger partial charge in [0.25, 0.3) is 0 Å². The Bertz CT molecular complexity index is 518. The van der Waals surface area contributed by atoms with Crippen LogP contribution in [0, 0.1) is 0 Å². The van der Waals surface area contributed by atoms with E-state index in [9.17, 15) is 0 Å². The first kappa shape index (κ1) is 13.1. The average molecular weight is 350 g/mol. The van der Waals surface area contributed by atoms with Crippen molar-refractivity contribution in [2.75, 3.05) is 18.6 Å². The van der Waals surface area contributed by atoms with Gasteiger partial charge in [0.1, 0.15) is 5.03 Å². The molecule has 0 saturated carbocycles. The van der Waals surface area contributed by atoms with Crippen molar-refractivity contribution < 1.29 is 0 Å². The number of nitrogens with zero attached hydrogens (tertiary/aromatic N) is 4. The molecule has 0 spiro atoms. The molecule has 0 saturated heterocycles. The van der Waals surface area contributed by atoms with Gasteiger partial charge in [-0.25, -0.2) is 9.97 Å². The summed E-state index contributed by atoms with van der Waals surface area (Å²) in [5, 5.41) is 11.9. The van der Waals surface area contributed by atoms with Crippen LogP contribution in [0.2, 0.25) is 0 Å². The zero-order chi connectivity index (χ0) is 12.3. The molecule has 0 atom stereocenters. The van der Waals surface area contributed by atoms with Gasteiger partial charge in [0, 0.05) is 13.2 Å². The monoisotopic (exact) mass is 349 g/mol. The fraction of sp³-hybridized carbons (Fsp3) is 0.250. The summed E-state index contributed by atoms with van der Waals surface area (Å²) >= 11 is 8.03. The number of nitrogens with one attached hydrogen (secondary N) is 1. The third kappa shape index (κ3) is 3.30. The standard InChI is InChI=1S/C8H8BrN5S3/c1-10-6-11-3-4(9)5(12-6)16-8-14-13-7(15-2)17-8/h3H,1-2H3,(H,10,11,12). The van der Waals surface area contributed by atoms with Gasteiger partial charge in [-0.05, 0) is 33.9 Å². The lowest BCUT2D eigenvalue weighted by Crippen LogP contribution is -1.96. The Morgan fingerprint density at radius 1 is 1.35 bits per heavy atom. The molecule has 0 unspecified atom stereocenters. The highest BCUT2D eigenvalue weighted by Crippen LogP contribution is 2.35. The minimum atomic E-state index is 0.588. The summed E-state index contributed by atoms with van der Waals surface area (Å²) in [5.41, 5.74) is 0. The first-order valence-corrected chi connectivity index (χ1v) is 8.13. The first-order valence-electron chi connectivity index (χ1n) is 4.48. The summed E-state index contributed by atoms with van der Waals surface area (Å²) in [4.78, 5) is 8.45. The smallest absolute Gasteiger partial charge is 0.223 e. The highest BCUT2D eigenvalue weighted by atomic mass is 79.9. The Morgan fingerprint density at radius 3 is 2.76 bits per heavy atom. The average Bonchev–Trinajstić information content (AvgIpc) is 2.80. The lowest BCUT2D eigenvalue weighted by Gasteiger charge is -2.02. The van der Waals surface area contributed by atoms with Crippen LogP contribution in [-0.2, 0) is 0 Å². The van der Waals surface area contributed by atoms with Gasteiger partial charge < -0.3 is 5.32 Å². The maximum atomic E-state index is 4.35. The molecule has 0 aromatic carbocycles. The van der Waals surface area contributed by atoms with Crippen molar-refractivity contribution in [3.63, 3.8) is 0 Å². The molecule has 0 fully saturated rings. The van der Waals surface area contributed by atoms with E-state index in [1.165, 1.54) is 11.8 Å². The van der Waals surface area contributed by atoms with E-state index in [0.717, 1.165) is 18.2 Å². The first-order chi connectivity index (χ1) is 8.22. The van der Waals surface area contributed by atoms with E-state index < -0.39 is 0 Å². The van der Waals surface area contributed by atoms with Crippen molar-refractivity contribution in [1.82, 2.24) is 20.2 Å². The zero-order valence-electron chi connectivity index (χ0n) is 8.97. The molecular weight excluding hydrogens is 342 g/mol. The fourth-order valence-corrected chi connectivity index (χ4v) is 3.71. The highest BCUT2D eigenvalue weighted by Gasteiger charge is 2.10. The quantitative estimate of drug-likeness (QED) is 0.672. The molecule has 0 bridgehead atoms. The number of hydrogen-bond acceptors (Lipinski definition) is 8. The van der Waals surface area contributed by atoms with Crippen molar-refractivity contribution in [3.8, 4) is 0 Å². The largest absolute Gasteiger partial charge is 0.357 e. The van der Waals surface area contributed by atoms with E-state index in [0.29, 0.717) is 5.95 Å². The summed E-state index contributed by atoms with van der Waals surface area (Å²) in [5.74, 6) is 0.588. The van der Waals surface area contributed by atoms with E-state index in [4.69, 9.17) is 0 Å². The molecule has 90 valence electrons. The molecular formula is C8H8BrN5S3. The number of halogens is 1. The number of rotatable bonds is 4. The maximum Gasteiger partial charge on any atom is 0.223 e. The van der Waals surface area contributed by atoms with Crippen LogP contribution in [0.4, 0.5) is 5.95 Å². The predicted octanol–water partition coefficient (Wildman–Crippen LogP) is 3.01. The Hall–Kier alpha value is -0.380. The summed E-state index contributed by atoms with van der Waals surface area (Å²) in [6, 6.07) is 0. The molecule has 2 aromatic rings. The van der Waals surface area contributed by atoms with Crippen LogP contribution in [-0.4, -0.2) is 33.5 Å². The fourth-order valence-electron chi connectivity index (χ4n) is 0.947. The molecule has 2 heterocycles. The van der Waals surface area contributed by atoms with Gasteiger partial charge in [-0.1, -0.05) is 23.1 Å². The van der Waals surface area contributed by atoms with Crippen LogP contribution >= 0.6 is 50.8 Å². The van der Waals surface area contributed by atoms with Gasteiger partial charge in [-0.2, -0.15) is 0 Å². The minimum Gasteiger partial charge on any atom is -0.357 e. The van der Waals surface area contributed by atoms with Gasteiger partial charge in [0.2, 0.25) is 5.95 Å². The number of thioether (sulfide) groups is 1. The summed E-state index contributed by atoms with van der Waals surface area (Å²) < 4.78 is 2.67. The Balaban J connectivity index is 2.22.